The first-order chi connectivity index (χ1) is 8.56. The van der Waals surface area contributed by atoms with E-state index < -0.39 is 5.82 Å². The van der Waals surface area contributed by atoms with Crippen LogP contribution in [0.2, 0.25) is 0 Å². The Bertz CT molecular complexity index is 582. The number of halogens is 1. The molecule has 0 aliphatic rings. The maximum Gasteiger partial charge on any atom is 0.251 e. The SMILES string of the molecule is Cc1nc(CNC(=O)c2ccc(F)c(N)c2)cs1. The van der Waals surface area contributed by atoms with Crippen molar-refractivity contribution in [2.75, 3.05) is 5.73 Å². The van der Waals surface area contributed by atoms with Crippen molar-refractivity contribution in [3.63, 3.8) is 0 Å². The molecular weight excluding hydrogens is 253 g/mol. The quantitative estimate of drug-likeness (QED) is 0.835. The summed E-state index contributed by atoms with van der Waals surface area (Å²) < 4.78 is 13.0. The van der Waals surface area contributed by atoms with Crippen LogP contribution in [0.25, 0.3) is 0 Å². The second-order valence-electron chi connectivity index (χ2n) is 3.78. The molecule has 1 amide bonds. The standard InChI is InChI=1S/C12H12FN3OS/c1-7-16-9(6-18-7)5-15-12(17)8-2-3-10(13)11(14)4-8/h2-4,6H,5,14H2,1H3,(H,15,17). The summed E-state index contributed by atoms with van der Waals surface area (Å²) >= 11 is 1.52. The lowest BCUT2D eigenvalue weighted by atomic mass is 10.2. The zero-order valence-electron chi connectivity index (χ0n) is 9.74. The van der Waals surface area contributed by atoms with Gasteiger partial charge in [0.1, 0.15) is 5.82 Å². The summed E-state index contributed by atoms with van der Waals surface area (Å²) in [5, 5.41) is 5.54. The first-order valence-corrected chi connectivity index (χ1v) is 6.18. The van der Waals surface area contributed by atoms with E-state index in [1.54, 1.807) is 0 Å². The number of carbonyl (C=O) groups excluding carboxylic acids is 1. The number of hydrogen-bond acceptors (Lipinski definition) is 4. The number of aromatic nitrogens is 1. The van der Waals surface area contributed by atoms with E-state index in [1.807, 2.05) is 12.3 Å². The molecule has 2 rings (SSSR count). The van der Waals surface area contributed by atoms with Crippen molar-refractivity contribution in [2.24, 2.45) is 0 Å². The highest BCUT2D eigenvalue weighted by molar-refractivity contribution is 7.09. The van der Waals surface area contributed by atoms with Crippen molar-refractivity contribution in [3.8, 4) is 0 Å². The van der Waals surface area contributed by atoms with Crippen LogP contribution >= 0.6 is 11.3 Å². The van der Waals surface area contributed by atoms with E-state index in [9.17, 15) is 9.18 Å². The molecule has 0 bridgehead atoms. The number of thiazole rings is 1. The van der Waals surface area contributed by atoms with Crippen LogP contribution in [0.15, 0.2) is 23.6 Å². The van der Waals surface area contributed by atoms with Crippen LogP contribution in [0.3, 0.4) is 0 Å². The van der Waals surface area contributed by atoms with Gasteiger partial charge in [0.25, 0.3) is 5.91 Å². The maximum absolute atomic E-state index is 13.0. The largest absolute Gasteiger partial charge is 0.396 e. The van der Waals surface area contributed by atoms with E-state index in [1.165, 1.54) is 29.5 Å². The molecule has 2 aromatic rings. The predicted molar refractivity (Wildman–Crippen MR) is 68.8 cm³/mol. The Balaban J connectivity index is 2.01. The highest BCUT2D eigenvalue weighted by Gasteiger charge is 2.08. The minimum Gasteiger partial charge on any atom is -0.396 e. The fraction of sp³-hybridized carbons (Fsp3) is 0.167. The molecule has 4 nitrogen and oxygen atoms in total. The second-order valence-corrected chi connectivity index (χ2v) is 4.84. The number of nitrogens with one attached hydrogen (secondary N) is 1. The van der Waals surface area contributed by atoms with Crippen LogP contribution in [-0.2, 0) is 6.54 Å². The zero-order valence-corrected chi connectivity index (χ0v) is 10.6. The lowest BCUT2D eigenvalue weighted by Crippen LogP contribution is -2.23. The number of benzene rings is 1. The van der Waals surface area contributed by atoms with Gasteiger partial charge >= 0.3 is 0 Å². The van der Waals surface area contributed by atoms with Crippen LogP contribution in [0.4, 0.5) is 10.1 Å². The molecule has 0 atom stereocenters. The van der Waals surface area contributed by atoms with Gasteiger partial charge in [-0.2, -0.15) is 0 Å². The average Bonchev–Trinajstić information content (AvgIpc) is 2.75. The third kappa shape index (κ3) is 2.84. The highest BCUT2D eigenvalue weighted by Crippen LogP contribution is 2.12. The molecule has 0 saturated carbocycles. The fourth-order valence-corrected chi connectivity index (χ4v) is 2.06. The molecule has 18 heavy (non-hydrogen) atoms. The van der Waals surface area contributed by atoms with E-state index in [-0.39, 0.29) is 11.6 Å². The topological polar surface area (TPSA) is 68.0 Å². The molecule has 0 aliphatic heterocycles. The van der Waals surface area contributed by atoms with Gasteiger partial charge < -0.3 is 11.1 Å². The van der Waals surface area contributed by atoms with Crippen molar-refractivity contribution in [3.05, 3.63) is 45.7 Å². The third-order valence-corrected chi connectivity index (χ3v) is 3.18. The van der Waals surface area contributed by atoms with Crippen molar-refractivity contribution < 1.29 is 9.18 Å². The normalized spacial score (nSPS) is 10.3. The van der Waals surface area contributed by atoms with Gasteiger partial charge in [-0.3, -0.25) is 4.79 Å². The molecular formula is C12H12FN3OS. The van der Waals surface area contributed by atoms with E-state index in [0.29, 0.717) is 12.1 Å². The number of carbonyl (C=O) groups is 1. The summed E-state index contributed by atoms with van der Waals surface area (Å²) in [7, 11) is 0. The lowest BCUT2D eigenvalue weighted by Gasteiger charge is -2.04. The van der Waals surface area contributed by atoms with Crippen molar-refractivity contribution in [1.29, 1.82) is 0 Å². The highest BCUT2D eigenvalue weighted by atomic mass is 32.1. The van der Waals surface area contributed by atoms with Crippen LogP contribution in [0, 0.1) is 12.7 Å². The number of rotatable bonds is 3. The predicted octanol–water partition coefficient (Wildman–Crippen LogP) is 2.10. The molecule has 0 radical (unpaired) electrons. The monoisotopic (exact) mass is 265 g/mol. The minimum absolute atomic E-state index is 0.0350. The van der Waals surface area contributed by atoms with Gasteiger partial charge in [-0.25, -0.2) is 9.37 Å². The minimum atomic E-state index is -0.526. The number of aryl methyl sites for hydroxylation is 1. The Hall–Kier alpha value is -1.95. The number of anilines is 1. The number of nitrogens with two attached hydrogens (primary N) is 1. The van der Waals surface area contributed by atoms with Gasteiger partial charge in [-0.1, -0.05) is 0 Å². The average molecular weight is 265 g/mol. The summed E-state index contributed by atoms with van der Waals surface area (Å²) in [6.07, 6.45) is 0. The van der Waals surface area contributed by atoms with Crippen LogP contribution in [-0.4, -0.2) is 10.9 Å². The number of amides is 1. The Morgan fingerprint density at radius 2 is 2.33 bits per heavy atom. The molecule has 0 fully saturated rings. The van der Waals surface area contributed by atoms with E-state index in [4.69, 9.17) is 5.73 Å². The summed E-state index contributed by atoms with van der Waals surface area (Å²) in [5.41, 5.74) is 6.51. The first-order valence-electron chi connectivity index (χ1n) is 5.30. The summed E-state index contributed by atoms with van der Waals surface area (Å²) in [4.78, 5) is 16.0. The van der Waals surface area contributed by atoms with E-state index >= 15 is 0 Å². The van der Waals surface area contributed by atoms with Gasteiger partial charge in [0, 0.05) is 10.9 Å². The van der Waals surface area contributed by atoms with E-state index in [2.05, 4.69) is 10.3 Å². The fourth-order valence-electron chi connectivity index (χ4n) is 1.45. The Kier molecular flexibility index (Phi) is 3.57. The molecule has 0 spiro atoms. The van der Waals surface area contributed by atoms with Gasteiger partial charge in [-0.05, 0) is 25.1 Å². The number of hydrogen-bond donors (Lipinski definition) is 2. The molecule has 1 aromatic heterocycles. The molecule has 0 saturated heterocycles. The van der Waals surface area contributed by atoms with Crippen molar-refractivity contribution >= 4 is 22.9 Å². The lowest BCUT2D eigenvalue weighted by molar-refractivity contribution is 0.0950. The van der Waals surface area contributed by atoms with Crippen LogP contribution in [0.5, 0.6) is 0 Å². The third-order valence-electron chi connectivity index (χ3n) is 2.35. The van der Waals surface area contributed by atoms with Gasteiger partial charge in [-0.15, -0.1) is 11.3 Å². The Morgan fingerprint density at radius 1 is 1.56 bits per heavy atom. The molecule has 6 heteroatoms. The molecule has 0 aliphatic carbocycles. The Morgan fingerprint density at radius 3 is 2.94 bits per heavy atom. The van der Waals surface area contributed by atoms with Gasteiger partial charge in [0.05, 0.1) is 22.9 Å². The maximum atomic E-state index is 13.0. The van der Waals surface area contributed by atoms with Crippen molar-refractivity contribution in [1.82, 2.24) is 10.3 Å². The molecule has 0 unspecified atom stereocenters. The van der Waals surface area contributed by atoms with Crippen molar-refractivity contribution in [2.45, 2.75) is 13.5 Å². The zero-order chi connectivity index (χ0) is 13.1. The van der Waals surface area contributed by atoms with Crippen LogP contribution in [0.1, 0.15) is 21.1 Å². The van der Waals surface area contributed by atoms with Gasteiger partial charge in [0.2, 0.25) is 0 Å². The first kappa shape index (κ1) is 12.5. The molecule has 1 aromatic carbocycles. The van der Waals surface area contributed by atoms with Gasteiger partial charge in [0.15, 0.2) is 0 Å². The summed E-state index contributed by atoms with van der Waals surface area (Å²) in [6.45, 7) is 2.25. The van der Waals surface area contributed by atoms with Crippen LogP contribution < -0.4 is 11.1 Å². The molecule has 94 valence electrons. The number of nitrogen functional groups attached to an aromatic ring is 1. The summed E-state index contributed by atoms with van der Waals surface area (Å²) in [6, 6.07) is 3.89. The molecule has 1 heterocycles. The Labute approximate surface area is 108 Å². The molecule has 3 N–H and O–H groups in total. The summed E-state index contributed by atoms with van der Waals surface area (Å²) in [5.74, 6) is -0.825. The smallest absolute Gasteiger partial charge is 0.251 e. The number of nitrogens with zero attached hydrogens (tertiary/aromatic N) is 1. The second kappa shape index (κ2) is 5.14. The van der Waals surface area contributed by atoms with E-state index in [0.717, 1.165) is 10.7 Å².